The fraction of sp³-hybridized carbons (Fsp3) is 0.615. The molecule has 0 aliphatic carbocycles. The summed E-state index contributed by atoms with van der Waals surface area (Å²) in [5.41, 5.74) is 1.37. The molecule has 0 amide bonds. The number of carbonyl (C=O) groups is 1. The quantitative estimate of drug-likeness (QED) is 0.381. The van der Waals surface area contributed by atoms with Crippen LogP contribution in [0.5, 0.6) is 0 Å². The fourth-order valence-corrected chi connectivity index (χ4v) is 1.24. The Balaban J connectivity index is 3.66. The number of esters is 1. The summed E-state index contributed by atoms with van der Waals surface area (Å²) in [4.78, 5) is 10.8. The number of hydrogen-bond donors (Lipinski definition) is 0. The molecule has 0 fully saturated rings. The zero-order chi connectivity index (χ0) is 11.7. The highest BCUT2D eigenvalue weighted by atomic mass is 16.5. The lowest BCUT2D eigenvalue weighted by atomic mass is 10.0. The van der Waals surface area contributed by atoms with Crippen LogP contribution in [0.25, 0.3) is 0 Å². The van der Waals surface area contributed by atoms with E-state index < -0.39 is 0 Å². The first-order valence-corrected chi connectivity index (χ1v) is 5.44. The summed E-state index contributed by atoms with van der Waals surface area (Å²) in [7, 11) is 1.39. The van der Waals surface area contributed by atoms with Crippen molar-refractivity contribution in [3.8, 4) is 0 Å². The van der Waals surface area contributed by atoms with E-state index in [1.54, 1.807) is 0 Å². The molecule has 0 saturated carbocycles. The minimum absolute atomic E-state index is 0.272. The summed E-state index contributed by atoms with van der Waals surface area (Å²) in [5, 5.41) is 0. The Hall–Kier alpha value is -1.05. The molecule has 0 aromatic carbocycles. The first-order valence-electron chi connectivity index (χ1n) is 5.44. The highest BCUT2D eigenvalue weighted by Gasteiger charge is 1.98. The van der Waals surface area contributed by atoms with Gasteiger partial charge in [-0.25, -0.2) is 4.79 Å². The second-order valence-electron chi connectivity index (χ2n) is 4.13. The summed E-state index contributed by atoms with van der Waals surface area (Å²) in [6.45, 7) is 6.42. The Labute approximate surface area is 93.0 Å². The Morgan fingerprint density at radius 2 is 2.07 bits per heavy atom. The largest absolute Gasteiger partial charge is 0.466 e. The molecule has 15 heavy (non-hydrogen) atoms. The van der Waals surface area contributed by atoms with Gasteiger partial charge in [0.2, 0.25) is 0 Å². The summed E-state index contributed by atoms with van der Waals surface area (Å²) < 4.78 is 4.51. The molecule has 2 heteroatoms. The average Bonchev–Trinajstić information content (AvgIpc) is 2.17. The lowest BCUT2D eigenvalue weighted by molar-refractivity contribution is -0.134. The van der Waals surface area contributed by atoms with Gasteiger partial charge in [0.05, 0.1) is 7.11 Å². The third kappa shape index (κ3) is 9.26. The van der Waals surface area contributed by atoms with E-state index in [0.29, 0.717) is 5.92 Å². The van der Waals surface area contributed by atoms with Gasteiger partial charge in [0.15, 0.2) is 0 Å². The molecule has 2 nitrogen and oxygen atoms in total. The van der Waals surface area contributed by atoms with Gasteiger partial charge in [0, 0.05) is 6.08 Å². The molecule has 1 unspecified atom stereocenters. The number of ether oxygens (including phenoxy) is 1. The van der Waals surface area contributed by atoms with Crippen molar-refractivity contribution in [2.24, 2.45) is 5.92 Å². The van der Waals surface area contributed by atoms with Crippen molar-refractivity contribution in [1.29, 1.82) is 0 Å². The summed E-state index contributed by atoms with van der Waals surface area (Å²) in [5.74, 6) is 0.341. The maximum atomic E-state index is 10.8. The molecule has 0 aromatic heterocycles. The van der Waals surface area contributed by atoms with Crippen molar-refractivity contribution in [1.82, 2.24) is 0 Å². The molecule has 0 aliphatic heterocycles. The molecule has 0 aliphatic rings. The van der Waals surface area contributed by atoms with E-state index in [1.165, 1.54) is 18.8 Å². The topological polar surface area (TPSA) is 26.3 Å². The molecule has 0 saturated heterocycles. The maximum absolute atomic E-state index is 10.8. The van der Waals surface area contributed by atoms with Crippen LogP contribution < -0.4 is 0 Å². The van der Waals surface area contributed by atoms with Gasteiger partial charge in [-0.3, -0.25) is 0 Å². The number of hydrogen-bond acceptors (Lipinski definition) is 2. The minimum Gasteiger partial charge on any atom is -0.466 e. The molecule has 0 rings (SSSR count). The Kier molecular flexibility index (Phi) is 7.69. The Bertz CT molecular complexity index is 235. The third-order valence-corrected chi connectivity index (χ3v) is 2.21. The molecule has 0 spiro atoms. The number of carbonyl (C=O) groups excluding carboxylic acids is 1. The molecule has 0 bridgehead atoms. The number of rotatable bonds is 6. The number of methoxy groups -OCH3 is 1. The van der Waals surface area contributed by atoms with Gasteiger partial charge in [0.25, 0.3) is 0 Å². The predicted molar refractivity (Wildman–Crippen MR) is 63.6 cm³/mol. The van der Waals surface area contributed by atoms with Gasteiger partial charge >= 0.3 is 5.97 Å². The molecule has 0 radical (unpaired) electrons. The molecule has 0 aromatic rings. The standard InChI is InChI=1S/C13H22O2/c1-11(2)7-5-8-12(3)9-6-10-13(14)15-4/h6-7,10,12H,5,8-9H2,1-4H3. The van der Waals surface area contributed by atoms with Crippen LogP contribution in [0.2, 0.25) is 0 Å². The molecule has 1 atom stereocenters. The molecule has 0 heterocycles. The summed E-state index contributed by atoms with van der Waals surface area (Å²) >= 11 is 0. The van der Waals surface area contributed by atoms with Crippen LogP contribution >= 0.6 is 0 Å². The molecular formula is C13H22O2. The van der Waals surface area contributed by atoms with Crippen molar-refractivity contribution in [3.05, 3.63) is 23.8 Å². The lowest BCUT2D eigenvalue weighted by Gasteiger charge is -2.05. The van der Waals surface area contributed by atoms with E-state index in [9.17, 15) is 4.79 Å². The van der Waals surface area contributed by atoms with Crippen LogP contribution in [0.1, 0.15) is 40.0 Å². The first-order chi connectivity index (χ1) is 7.06. The minimum atomic E-state index is -0.272. The van der Waals surface area contributed by atoms with Crippen molar-refractivity contribution < 1.29 is 9.53 Å². The average molecular weight is 210 g/mol. The number of allylic oxidation sites excluding steroid dienone is 3. The van der Waals surface area contributed by atoms with E-state index in [2.05, 4.69) is 31.6 Å². The SMILES string of the molecule is COC(=O)C=CCC(C)CCC=C(C)C. The van der Waals surface area contributed by atoms with Crippen LogP contribution in [0.4, 0.5) is 0 Å². The highest BCUT2D eigenvalue weighted by molar-refractivity contribution is 5.81. The van der Waals surface area contributed by atoms with Gasteiger partial charge < -0.3 is 4.74 Å². The van der Waals surface area contributed by atoms with Gasteiger partial charge in [-0.2, -0.15) is 0 Å². The van der Waals surface area contributed by atoms with Gasteiger partial charge in [0.1, 0.15) is 0 Å². The second-order valence-corrected chi connectivity index (χ2v) is 4.13. The summed E-state index contributed by atoms with van der Waals surface area (Å²) in [6, 6.07) is 0. The van der Waals surface area contributed by atoms with Crippen LogP contribution in [0, 0.1) is 5.92 Å². The van der Waals surface area contributed by atoms with Crippen LogP contribution in [-0.2, 0) is 9.53 Å². The van der Waals surface area contributed by atoms with Crippen molar-refractivity contribution in [3.63, 3.8) is 0 Å². The maximum Gasteiger partial charge on any atom is 0.330 e. The first kappa shape index (κ1) is 13.9. The van der Waals surface area contributed by atoms with Crippen molar-refractivity contribution in [2.45, 2.75) is 40.0 Å². The fourth-order valence-electron chi connectivity index (χ4n) is 1.24. The van der Waals surface area contributed by atoms with Crippen molar-refractivity contribution in [2.75, 3.05) is 7.11 Å². The molecule has 86 valence electrons. The van der Waals surface area contributed by atoms with Gasteiger partial charge in [-0.05, 0) is 39.0 Å². The Morgan fingerprint density at radius 1 is 1.40 bits per heavy atom. The monoisotopic (exact) mass is 210 g/mol. The van der Waals surface area contributed by atoms with Crippen LogP contribution in [0.15, 0.2) is 23.8 Å². The highest BCUT2D eigenvalue weighted by Crippen LogP contribution is 2.12. The Morgan fingerprint density at radius 3 is 2.60 bits per heavy atom. The van der Waals surface area contributed by atoms with Crippen molar-refractivity contribution >= 4 is 5.97 Å². The molecule has 0 N–H and O–H groups in total. The molecular weight excluding hydrogens is 188 g/mol. The van der Waals surface area contributed by atoms with E-state index in [-0.39, 0.29) is 5.97 Å². The van der Waals surface area contributed by atoms with Crippen LogP contribution in [-0.4, -0.2) is 13.1 Å². The summed E-state index contributed by atoms with van der Waals surface area (Å²) in [6.07, 6.45) is 8.86. The van der Waals surface area contributed by atoms with E-state index in [0.717, 1.165) is 19.3 Å². The zero-order valence-electron chi connectivity index (χ0n) is 10.2. The van der Waals surface area contributed by atoms with Gasteiger partial charge in [-0.1, -0.05) is 24.6 Å². The smallest absolute Gasteiger partial charge is 0.330 e. The third-order valence-electron chi connectivity index (χ3n) is 2.21. The predicted octanol–water partition coefficient (Wildman–Crippen LogP) is 3.49. The normalized spacial score (nSPS) is 12.5. The second kappa shape index (κ2) is 8.27. The van der Waals surface area contributed by atoms with Gasteiger partial charge in [-0.15, -0.1) is 0 Å². The zero-order valence-corrected chi connectivity index (χ0v) is 10.2. The van der Waals surface area contributed by atoms with E-state index >= 15 is 0 Å². The van der Waals surface area contributed by atoms with Crippen LogP contribution in [0.3, 0.4) is 0 Å². The van der Waals surface area contributed by atoms with E-state index in [4.69, 9.17) is 0 Å². The van der Waals surface area contributed by atoms with E-state index in [1.807, 2.05) is 6.08 Å². The lowest BCUT2D eigenvalue weighted by Crippen LogP contribution is -1.96.